The fraction of sp³-hybridized carbons (Fsp3) is 0.944. The molecule has 1 saturated carbocycles. The molecular formula is C18H36N2O2. The fourth-order valence-electron chi connectivity index (χ4n) is 3.03. The Morgan fingerprint density at radius 2 is 1.86 bits per heavy atom. The van der Waals surface area contributed by atoms with Gasteiger partial charge in [0.2, 0.25) is 0 Å². The molecule has 1 rings (SSSR count). The Labute approximate surface area is 137 Å². The van der Waals surface area contributed by atoms with Crippen molar-refractivity contribution in [2.24, 2.45) is 11.8 Å². The molecule has 130 valence electrons. The lowest BCUT2D eigenvalue weighted by molar-refractivity contribution is 0.0249. The highest BCUT2D eigenvalue weighted by atomic mass is 16.6. The summed E-state index contributed by atoms with van der Waals surface area (Å²) in [7, 11) is 0. The summed E-state index contributed by atoms with van der Waals surface area (Å²) >= 11 is 0. The first-order valence-electron chi connectivity index (χ1n) is 8.94. The summed E-state index contributed by atoms with van der Waals surface area (Å²) < 4.78 is 5.49. The number of nitrogens with one attached hydrogen (secondary N) is 1. The molecule has 0 aromatic rings. The van der Waals surface area contributed by atoms with Crippen LogP contribution in [0.2, 0.25) is 0 Å². The summed E-state index contributed by atoms with van der Waals surface area (Å²) in [5.41, 5.74) is -0.425. The Kier molecular flexibility index (Phi) is 7.67. The van der Waals surface area contributed by atoms with E-state index in [1.807, 2.05) is 25.7 Å². The minimum Gasteiger partial charge on any atom is -0.444 e. The van der Waals surface area contributed by atoms with E-state index < -0.39 is 5.60 Å². The quantitative estimate of drug-likeness (QED) is 0.804. The molecule has 1 aliphatic carbocycles. The molecule has 4 heteroatoms. The number of hydrogen-bond acceptors (Lipinski definition) is 3. The SMILES string of the molecule is CCCN(CCNC1CCC(C)C(C)C1)C(=O)OC(C)(C)C. The van der Waals surface area contributed by atoms with Crippen LogP contribution < -0.4 is 5.32 Å². The van der Waals surface area contributed by atoms with Gasteiger partial charge in [0, 0.05) is 25.7 Å². The highest BCUT2D eigenvalue weighted by molar-refractivity contribution is 5.68. The van der Waals surface area contributed by atoms with Crippen molar-refractivity contribution in [1.29, 1.82) is 0 Å². The number of hydrogen-bond donors (Lipinski definition) is 1. The van der Waals surface area contributed by atoms with E-state index in [1.54, 1.807) is 0 Å². The summed E-state index contributed by atoms with van der Waals surface area (Å²) in [6.07, 6.45) is 4.58. The second-order valence-electron chi connectivity index (χ2n) is 7.89. The lowest BCUT2D eigenvalue weighted by atomic mass is 9.79. The molecule has 22 heavy (non-hydrogen) atoms. The van der Waals surface area contributed by atoms with Crippen LogP contribution in [-0.2, 0) is 4.74 Å². The number of carbonyl (C=O) groups excluding carboxylic acids is 1. The van der Waals surface area contributed by atoms with Gasteiger partial charge in [0.1, 0.15) is 5.60 Å². The molecule has 1 amide bonds. The highest BCUT2D eigenvalue weighted by Crippen LogP contribution is 2.29. The number of amides is 1. The maximum atomic E-state index is 12.2. The standard InChI is InChI=1S/C18H36N2O2/c1-7-11-20(17(21)22-18(4,5)6)12-10-19-16-9-8-14(2)15(3)13-16/h14-16,19H,7-13H2,1-6H3. The minimum atomic E-state index is -0.425. The molecule has 4 nitrogen and oxygen atoms in total. The molecule has 0 aromatic carbocycles. The van der Waals surface area contributed by atoms with Gasteiger partial charge in [-0.2, -0.15) is 0 Å². The van der Waals surface area contributed by atoms with E-state index in [0.717, 1.165) is 37.9 Å². The largest absolute Gasteiger partial charge is 0.444 e. The van der Waals surface area contributed by atoms with Crippen molar-refractivity contribution in [3.8, 4) is 0 Å². The van der Waals surface area contributed by atoms with Crippen LogP contribution in [0.25, 0.3) is 0 Å². The van der Waals surface area contributed by atoms with E-state index in [-0.39, 0.29) is 6.09 Å². The minimum absolute atomic E-state index is 0.193. The van der Waals surface area contributed by atoms with E-state index in [4.69, 9.17) is 4.74 Å². The molecule has 1 aliphatic rings. The van der Waals surface area contributed by atoms with Gasteiger partial charge in [-0.1, -0.05) is 20.8 Å². The first-order chi connectivity index (χ1) is 10.2. The Bertz CT molecular complexity index is 338. The van der Waals surface area contributed by atoms with Gasteiger partial charge in [0.15, 0.2) is 0 Å². The number of ether oxygens (including phenoxy) is 1. The van der Waals surface area contributed by atoms with Crippen LogP contribution in [0.1, 0.15) is 67.2 Å². The van der Waals surface area contributed by atoms with Crippen LogP contribution in [-0.4, -0.2) is 42.3 Å². The van der Waals surface area contributed by atoms with Crippen molar-refractivity contribution in [1.82, 2.24) is 10.2 Å². The van der Waals surface area contributed by atoms with Gasteiger partial charge in [-0.05, 0) is 58.3 Å². The molecule has 0 aromatic heterocycles. The van der Waals surface area contributed by atoms with Crippen molar-refractivity contribution < 1.29 is 9.53 Å². The van der Waals surface area contributed by atoms with Crippen LogP contribution in [0.3, 0.4) is 0 Å². The Hall–Kier alpha value is -0.770. The Morgan fingerprint density at radius 3 is 2.41 bits per heavy atom. The third-order valence-electron chi connectivity index (χ3n) is 4.56. The van der Waals surface area contributed by atoms with E-state index in [0.29, 0.717) is 6.04 Å². The van der Waals surface area contributed by atoms with Crippen molar-refractivity contribution in [2.45, 2.75) is 78.9 Å². The summed E-state index contributed by atoms with van der Waals surface area (Å²) in [4.78, 5) is 14.0. The molecule has 0 heterocycles. The molecule has 1 fully saturated rings. The zero-order valence-electron chi connectivity index (χ0n) is 15.4. The molecule has 3 atom stereocenters. The number of carbonyl (C=O) groups is 1. The third-order valence-corrected chi connectivity index (χ3v) is 4.56. The van der Waals surface area contributed by atoms with Gasteiger partial charge in [0.05, 0.1) is 0 Å². The molecule has 0 radical (unpaired) electrons. The Balaban J connectivity index is 2.36. The highest BCUT2D eigenvalue weighted by Gasteiger charge is 2.25. The lowest BCUT2D eigenvalue weighted by Crippen LogP contribution is -2.44. The number of rotatable bonds is 6. The van der Waals surface area contributed by atoms with Gasteiger partial charge in [0.25, 0.3) is 0 Å². The normalized spacial score (nSPS) is 25.8. The molecule has 0 bridgehead atoms. The van der Waals surface area contributed by atoms with Crippen molar-refractivity contribution >= 4 is 6.09 Å². The monoisotopic (exact) mass is 312 g/mol. The average Bonchev–Trinajstić information content (AvgIpc) is 2.40. The molecule has 1 N–H and O–H groups in total. The predicted octanol–water partition coefficient (Wildman–Crippen LogP) is 4.05. The second-order valence-corrected chi connectivity index (χ2v) is 7.89. The van der Waals surface area contributed by atoms with Crippen molar-refractivity contribution in [3.05, 3.63) is 0 Å². The molecule has 3 unspecified atom stereocenters. The summed E-state index contributed by atoms with van der Waals surface area (Å²) in [5, 5.41) is 3.63. The van der Waals surface area contributed by atoms with Gasteiger partial charge in [-0.15, -0.1) is 0 Å². The maximum absolute atomic E-state index is 12.2. The van der Waals surface area contributed by atoms with Crippen LogP contribution in [0.15, 0.2) is 0 Å². The topological polar surface area (TPSA) is 41.6 Å². The van der Waals surface area contributed by atoms with Crippen molar-refractivity contribution in [2.75, 3.05) is 19.6 Å². The second kappa shape index (κ2) is 8.76. The van der Waals surface area contributed by atoms with Gasteiger partial charge >= 0.3 is 6.09 Å². The number of nitrogens with zero attached hydrogens (tertiary/aromatic N) is 1. The van der Waals surface area contributed by atoms with Crippen LogP contribution in [0, 0.1) is 11.8 Å². The molecule has 0 aliphatic heterocycles. The molecule has 0 spiro atoms. The molecular weight excluding hydrogens is 276 g/mol. The van der Waals surface area contributed by atoms with Crippen LogP contribution in [0.4, 0.5) is 4.79 Å². The van der Waals surface area contributed by atoms with E-state index >= 15 is 0 Å². The smallest absolute Gasteiger partial charge is 0.410 e. The lowest BCUT2D eigenvalue weighted by Gasteiger charge is -2.33. The van der Waals surface area contributed by atoms with Crippen molar-refractivity contribution in [3.63, 3.8) is 0 Å². The predicted molar refractivity (Wildman–Crippen MR) is 92.1 cm³/mol. The third kappa shape index (κ3) is 6.99. The van der Waals surface area contributed by atoms with Gasteiger partial charge in [-0.3, -0.25) is 0 Å². The van der Waals surface area contributed by atoms with E-state index in [9.17, 15) is 4.79 Å². The zero-order valence-corrected chi connectivity index (χ0v) is 15.4. The zero-order chi connectivity index (χ0) is 16.8. The maximum Gasteiger partial charge on any atom is 0.410 e. The van der Waals surface area contributed by atoms with Gasteiger partial charge < -0.3 is 15.0 Å². The summed E-state index contributed by atoms with van der Waals surface area (Å²) in [5.74, 6) is 1.64. The summed E-state index contributed by atoms with van der Waals surface area (Å²) in [6.45, 7) is 14.9. The van der Waals surface area contributed by atoms with Crippen LogP contribution in [0.5, 0.6) is 0 Å². The van der Waals surface area contributed by atoms with E-state index in [1.165, 1.54) is 19.3 Å². The molecule has 0 saturated heterocycles. The first-order valence-corrected chi connectivity index (χ1v) is 8.94. The van der Waals surface area contributed by atoms with E-state index in [2.05, 4.69) is 26.1 Å². The van der Waals surface area contributed by atoms with Crippen LogP contribution >= 0.6 is 0 Å². The average molecular weight is 312 g/mol. The summed E-state index contributed by atoms with van der Waals surface area (Å²) in [6, 6.07) is 0.605. The van der Waals surface area contributed by atoms with Gasteiger partial charge in [-0.25, -0.2) is 4.79 Å². The fourth-order valence-corrected chi connectivity index (χ4v) is 3.03. The Morgan fingerprint density at radius 1 is 1.18 bits per heavy atom. The first kappa shape index (κ1) is 19.3.